The number of anilines is 1. The SMILES string of the molecule is CC/C=C(/C)C(=O)Nc1cccc(COc2cccc(F)c2)c1. The van der Waals surface area contributed by atoms with Crippen molar-refractivity contribution >= 4 is 11.6 Å². The highest BCUT2D eigenvalue weighted by atomic mass is 19.1. The second-order valence-corrected chi connectivity index (χ2v) is 5.20. The van der Waals surface area contributed by atoms with E-state index in [1.807, 2.05) is 37.3 Å². The third-order valence-corrected chi connectivity index (χ3v) is 3.25. The molecular formula is C19H20FNO2. The molecule has 0 saturated carbocycles. The van der Waals surface area contributed by atoms with E-state index in [0.29, 0.717) is 23.6 Å². The zero-order valence-electron chi connectivity index (χ0n) is 13.3. The molecular weight excluding hydrogens is 293 g/mol. The van der Waals surface area contributed by atoms with Gasteiger partial charge in [-0.05, 0) is 43.2 Å². The first kappa shape index (κ1) is 16.7. The first-order chi connectivity index (χ1) is 11.1. The van der Waals surface area contributed by atoms with Gasteiger partial charge in [0.15, 0.2) is 0 Å². The van der Waals surface area contributed by atoms with E-state index >= 15 is 0 Å². The minimum absolute atomic E-state index is 0.116. The highest BCUT2D eigenvalue weighted by molar-refractivity contribution is 6.03. The molecule has 0 spiro atoms. The predicted molar refractivity (Wildman–Crippen MR) is 89.9 cm³/mol. The molecule has 0 aliphatic rings. The largest absolute Gasteiger partial charge is 0.489 e. The Bertz CT molecular complexity index is 710. The van der Waals surface area contributed by atoms with Gasteiger partial charge in [0.1, 0.15) is 18.2 Å². The Balaban J connectivity index is 1.99. The molecule has 2 aromatic rings. The molecule has 1 N–H and O–H groups in total. The van der Waals surface area contributed by atoms with E-state index in [1.165, 1.54) is 12.1 Å². The van der Waals surface area contributed by atoms with Crippen LogP contribution in [0.1, 0.15) is 25.8 Å². The van der Waals surface area contributed by atoms with Gasteiger partial charge in [-0.1, -0.05) is 31.2 Å². The first-order valence-corrected chi connectivity index (χ1v) is 7.54. The first-order valence-electron chi connectivity index (χ1n) is 7.54. The molecule has 0 atom stereocenters. The van der Waals surface area contributed by atoms with E-state index in [0.717, 1.165) is 12.0 Å². The Morgan fingerprint density at radius 2 is 2.00 bits per heavy atom. The van der Waals surface area contributed by atoms with Gasteiger partial charge in [0.25, 0.3) is 5.91 Å². The lowest BCUT2D eigenvalue weighted by molar-refractivity contribution is -0.112. The van der Waals surface area contributed by atoms with E-state index < -0.39 is 0 Å². The Labute approximate surface area is 135 Å². The third kappa shape index (κ3) is 5.25. The van der Waals surface area contributed by atoms with E-state index in [4.69, 9.17) is 4.74 Å². The van der Waals surface area contributed by atoms with Crippen molar-refractivity contribution in [2.75, 3.05) is 5.32 Å². The van der Waals surface area contributed by atoms with E-state index in [2.05, 4.69) is 5.32 Å². The van der Waals surface area contributed by atoms with E-state index in [-0.39, 0.29) is 11.7 Å². The zero-order valence-corrected chi connectivity index (χ0v) is 13.3. The number of halogens is 1. The van der Waals surface area contributed by atoms with Crippen molar-refractivity contribution in [1.29, 1.82) is 0 Å². The van der Waals surface area contributed by atoms with E-state index in [9.17, 15) is 9.18 Å². The molecule has 3 nitrogen and oxygen atoms in total. The second-order valence-electron chi connectivity index (χ2n) is 5.20. The van der Waals surface area contributed by atoms with Crippen LogP contribution in [0, 0.1) is 5.82 Å². The van der Waals surface area contributed by atoms with Gasteiger partial charge >= 0.3 is 0 Å². The van der Waals surface area contributed by atoms with Crippen LogP contribution in [-0.4, -0.2) is 5.91 Å². The maximum absolute atomic E-state index is 13.1. The molecule has 0 unspecified atom stereocenters. The van der Waals surface area contributed by atoms with Crippen molar-refractivity contribution < 1.29 is 13.9 Å². The number of rotatable bonds is 6. The molecule has 4 heteroatoms. The topological polar surface area (TPSA) is 38.3 Å². The maximum Gasteiger partial charge on any atom is 0.250 e. The smallest absolute Gasteiger partial charge is 0.250 e. The Kier molecular flexibility index (Phi) is 5.92. The zero-order chi connectivity index (χ0) is 16.7. The monoisotopic (exact) mass is 313 g/mol. The molecule has 0 heterocycles. The number of benzene rings is 2. The summed E-state index contributed by atoms with van der Waals surface area (Å²) in [5.41, 5.74) is 2.29. The van der Waals surface area contributed by atoms with Crippen molar-refractivity contribution in [2.45, 2.75) is 26.9 Å². The third-order valence-electron chi connectivity index (χ3n) is 3.25. The van der Waals surface area contributed by atoms with Gasteiger partial charge in [-0.25, -0.2) is 4.39 Å². The summed E-state index contributed by atoms with van der Waals surface area (Å²) in [4.78, 5) is 12.0. The fraction of sp³-hybridized carbons (Fsp3) is 0.211. The molecule has 0 radical (unpaired) electrons. The number of ether oxygens (including phenoxy) is 1. The van der Waals surface area contributed by atoms with Gasteiger partial charge in [0.2, 0.25) is 0 Å². The summed E-state index contributed by atoms with van der Waals surface area (Å²) < 4.78 is 18.7. The highest BCUT2D eigenvalue weighted by Gasteiger charge is 2.05. The lowest BCUT2D eigenvalue weighted by Crippen LogP contribution is -2.12. The summed E-state index contributed by atoms with van der Waals surface area (Å²) in [5.74, 6) is 0.0258. The van der Waals surface area contributed by atoms with E-state index in [1.54, 1.807) is 19.1 Å². The standard InChI is InChI=1S/C19H20FNO2/c1-3-6-14(2)19(22)21-17-9-4-7-15(11-17)13-23-18-10-5-8-16(20)12-18/h4-12H,3,13H2,1-2H3,(H,21,22)/b14-6-. The summed E-state index contributed by atoms with van der Waals surface area (Å²) in [5, 5.41) is 2.85. The van der Waals surface area contributed by atoms with Crippen LogP contribution in [0.4, 0.5) is 10.1 Å². The van der Waals surface area contributed by atoms with Crippen molar-refractivity contribution in [2.24, 2.45) is 0 Å². The van der Waals surface area contributed by atoms with Crippen LogP contribution in [0.15, 0.2) is 60.2 Å². The molecule has 1 amide bonds. The van der Waals surface area contributed by atoms with Crippen molar-refractivity contribution in [3.8, 4) is 5.75 Å². The average molecular weight is 313 g/mol. The average Bonchev–Trinajstić information content (AvgIpc) is 2.53. The molecule has 0 bridgehead atoms. The normalized spacial score (nSPS) is 11.2. The Morgan fingerprint density at radius 1 is 1.22 bits per heavy atom. The number of hydrogen-bond donors (Lipinski definition) is 1. The quantitative estimate of drug-likeness (QED) is 0.785. The molecule has 2 rings (SSSR count). The molecule has 120 valence electrons. The van der Waals surface area contributed by atoms with Crippen LogP contribution in [0.25, 0.3) is 0 Å². The summed E-state index contributed by atoms with van der Waals surface area (Å²) in [6.07, 6.45) is 2.70. The summed E-state index contributed by atoms with van der Waals surface area (Å²) in [7, 11) is 0. The minimum atomic E-state index is -0.332. The summed E-state index contributed by atoms with van der Waals surface area (Å²) >= 11 is 0. The molecule has 0 aromatic heterocycles. The molecule has 2 aromatic carbocycles. The van der Waals surface area contributed by atoms with Crippen molar-refractivity contribution in [3.05, 3.63) is 71.6 Å². The number of hydrogen-bond acceptors (Lipinski definition) is 2. The van der Waals surface area contributed by atoms with Gasteiger partial charge in [0.05, 0.1) is 0 Å². The number of carbonyl (C=O) groups is 1. The fourth-order valence-electron chi connectivity index (χ4n) is 2.09. The van der Waals surface area contributed by atoms with Gasteiger partial charge in [0, 0.05) is 17.3 Å². The lowest BCUT2D eigenvalue weighted by atomic mass is 10.2. The highest BCUT2D eigenvalue weighted by Crippen LogP contribution is 2.16. The number of amides is 1. The van der Waals surface area contributed by atoms with Crippen LogP contribution in [0.5, 0.6) is 5.75 Å². The van der Waals surface area contributed by atoms with Gasteiger partial charge in [-0.15, -0.1) is 0 Å². The number of allylic oxidation sites excluding steroid dienone is 1. The fourth-order valence-corrected chi connectivity index (χ4v) is 2.09. The van der Waals surface area contributed by atoms with Crippen molar-refractivity contribution in [3.63, 3.8) is 0 Å². The molecule has 0 saturated heterocycles. The summed E-state index contributed by atoms with van der Waals surface area (Å²) in [6.45, 7) is 4.08. The Hall–Kier alpha value is -2.62. The van der Waals surface area contributed by atoms with Gasteiger partial charge in [-0.2, -0.15) is 0 Å². The lowest BCUT2D eigenvalue weighted by Gasteiger charge is -2.09. The maximum atomic E-state index is 13.1. The molecule has 0 fully saturated rings. The number of carbonyl (C=O) groups excluding carboxylic acids is 1. The van der Waals surface area contributed by atoms with Crippen molar-refractivity contribution in [1.82, 2.24) is 0 Å². The van der Waals surface area contributed by atoms with Gasteiger partial charge in [-0.3, -0.25) is 4.79 Å². The van der Waals surface area contributed by atoms with Crippen LogP contribution < -0.4 is 10.1 Å². The second kappa shape index (κ2) is 8.13. The molecule has 0 aliphatic heterocycles. The van der Waals surface area contributed by atoms with Crippen LogP contribution in [0.3, 0.4) is 0 Å². The van der Waals surface area contributed by atoms with Gasteiger partial charge < -0.3 is 10.1 Å². The summed E-state index contributed by atoms with van der Waals surface area (Å²) in [6, 6.07) is 13.4. The molecule has 23 heavy (non-hydrogen) atoms. The predicted octanol–water partition coefficient (Wildman–Crippen LogP) is 4.70. The Morgan fingerprint density at radius 3 is 2.74 bits per heavy atom. The van der Waals surface area contributed by atoms with Crippen LogP contribution in [0.2, 0.25) is 0 Å². The minimum Gasteiger partial charge on any atom is -0.489 e. The number of nitrogens with one attached hydrogen (secondary N) is 1. The molecule has 0 aliphatic carbocycles. The van der Waals surface area contributed by atoms with Crippen LogP contribution in [-0.2, 0) is 11.4 Å². The van der Waals surface area contributed by atoms with Crippen LogP contribution >= 0.6 is 0 Å².